The summed E-state index contributed by atoms with van der Waals surface area (Å²) in [5.41, 5.74) is 14.2. The van der Waals surface area contributed by atoms with E-state index in [4.69, 9.17) is 9.97 Å². The lowest BCUT2D eigenvalue weighted by Gasteiger charge is -2.32. The summed E-state index contributed by atoms with van der Waals surface area (Å²) < 4.78 is 2.52. The number of aromatic nitrogens is 3. The van der Waals surface area contributed by atoms with Crippen molar-refractivity contribution in [3.63, 3.8) is 0 Å². The molecule has 0 saturated carbocycles. The lowest BCUT2D eigenvalue weighted by Crippen LogP contribution is -2.73. The Morgan fingerprint density at radius 1 is 0.475 bits per heavy atom. The maximum absolute atomic E-state index is 5.58. The molecule has 0 bridgehead atoms. The molecule has 4 heteroatoms. The van der Waals surface area contributed by atoms with Gasteiger partial charge in [-0.25, -0.2) is 9.97 Å². The number of nitrogens with zero attached hydrogens (tertiary/aromatic N) is 3. The van der Waals surface area contributed by atoms with Crippen LogP contribution >= 0.6 is 0 Å². The number of benzene rings is 8. The minimum absolute atomic E-state index is 0.147. The predicted octanol–water partition coefficient (Wildman–Crippen LogP) is 10.6. The Bertz CT molecular complexity index is 3240. The molecule has 278 valence electrons. The molecule has 2 aromatic heterocycles. The van der Waals surface area contributed by atoms with Crippen molar-refractivity contribution in [2.75, 3.05) is 0 Å². The molecule has 3 heterocycles. The Morgan fingerprint density at radius 3 is 1.76 bits per heavy atom. The van der Waals surface area contributed by atoms with Crippen molar-refractivity contribution in [3.8, 4) is 50.7 Å². The summed E-state index contributed by atoms with van der Waals surface area (Å²) >= 11 is 0. The third kappa shape index (κ3) is 4.69. The fourth-order valence-corrected chi connectivity index (χ4v) is 15.9. The van der Waals surface area contributed by atoms with E-state index in [9.17, 15) is 0 Å². The molecule has 0 amide bonds. The highest BCUT2D eigenvalue weighted by Crippen LogP contribution is 2.53. The van der Waals surface area contributed by atoms with Gasteiger partial charge in [-0.2, -0.15) is 0 Å². The Labute approximate surface area is 345 Å². The third-order valence-corrected chi connectivity index (χ3v) is 17.9. The molecule has 12 rings (SSSR count). The van der Waals surface area contributed by atoms with Gasteiger partial charge in [0, 0.05) is 43.8 Å². The van der Waals surface area contributed by atoms with Gasteiger partial charge in [0.15, 0.2) is 13.9 Å². The first-order chi connectivity index (χ1) is 29.0. The van der Waals surface area contributed by atoms with Crippen LogP contribution in [0.5, 0.6) is 0 Å². The first-order valence-corrected chi connectivity index (χ1v) is 22.5. The fourth-order valence-electron chi connectivity index (χ4n) is 10.6. The topological polar surface area (TPSA) is 30.7 Å². The second-order valence-corrected chi connectivity index (χ2v) is 20.2. The number of hydrogen-bond donors (Lipinski definition) is 0. The van der Waals surface area contributed by atoms with Crippen LogP contribution in [0, 0.1) is 0 Å². The van der Waals surface area contributed by atoms with E-state index >= 15 is 0 Å². The number of fused-ring (bicyclic) bond motifs is 10. The molecular weight excluding hydrogens is 731 g/mol. The summed E-state index contributed by atoms with van der Waals surface area (Å²) in [5, 5.41) is 7.82. The van der Waals surface area contributed by atoms with Crippen LogP contribution in [0.3, 0.4) is 0 Å². The van der Waals surface area contributed by atoms with E-state index in [0.29, 0.717) is 0 Å². The number of hydrogen-bond acceptors (Lipinski definition) is 2. The molecule has 3 nitrogen and oxygen atoms in total. The first kappa shape index (κ1) is 33.9. The predicted molar refractivity (Wildman–Crippen MR) is 247 cm³/mol. The Morgan fingerprint density at radius 2 is 1.05 bits per heavy atom. The van der Waals surface area contributed by atoms with Gasteiger partial charge >= 0.3 is 0 Å². The van der Waals surface area contributed by atoms with Crippen molar-refractivity contribution in [3.05, 3.63) is 211 Å². The van der Waals surface area contributed by atoms with Crippen LogP contribution < -0.4 is 20.7 Å². The zero-order valence-corrected chi connectivity index (χ0v) is 33.9. The molecule has 0 saturated heterocycles. The zero-order chi connectivity index (χ0) is 39.3. The fraction of sp³-hybridized carbons (Fsp3) is 0.0545. The number of rotatable bonds is 5. The van der Waals surface area contributed by atoms with E-state index < -0.39 is 8.07 Å². The van der Waals surface area contributed by atoms with E-state index in [0.717, 1.165) is 34.0 Å². The summed E-state index contributed by atoms with van der Waals surface area (Å²) in [4.78, 5) is 11.1. The largest absolute Gasteiger partial charge is 0.309 e. The number of para-hydroxylation sites is 1. The molecule has 0 N–H and O–H groups in total. The normalized spacial score (nSPS) is 14.2. The SMILES string of the molecule is CC1(C)c2ccccc2-c2ccc3c(c21)c1ccccc1n3-c1ccc2c(c1)[Si](c1ccccc1)(c1ccccc1)c1c(-c3ccccc3)nc(-c3ccccc3)nc1-2. The van der Waals surface area contributed by atoms with Crippen LogP contribution in [0.1, 0.15) is 25.0 Å². The molecule has 1 aliphatic carbocycles. The maximum atomic E-state index is 5.58. The second kappa shape index (κ2) is 12.7. The molecule has 59 heavy (non-hydrogen) atoms. The monoisotopic (exact) mass is 769 g/mol. The lowest BCUT2D eigenvalue weighted by atomic mass is 9.80. The molecule has 0 unspecified atom stereocenters. The molecule has 1 aliphatic heterocycles. The lowest BCUT2D eigenvalue weighted by molar-refractivity contribution is 0.666. The van der Waals surface area contributed by atoms with Crippen molar-refractivity contribution in [1.82, 2.24) is 14.5 Å². The minimum atomic E-state index is -3.08. The van der Waals surface area contributed by atoms with E-state index in [-0.39, 0.29) is 5.41 Å². The van der Waals surface area contributed by atoms with Crippen LogP contribution in [0.25, 0.3) is 72.5 Å². The molecule has 10 aromatic rings. The third-order valence-electron chi connectivity index (χ3n) is 13.1. The minimum Gasteiger partial charge on any atom is -0.309 e. The van der Waals surface area contributed by atoms with Crippen molar-refractivity contribution < 1.29 is 0 Å². The molecular formula is C55H39N3Si. The van der Waals surface area contributed by atoms with Gasteiger partial charge in [-0.15, -0.1) is 0 Å². The first-order valence-electron chi connectivity index (χ1n) is 20.5. The van der Waals surface area contributed by atoms with E-state index in [1.54, 1.807) is 0 Å². The van der Waals surface area contributed by atoms with Crippen LogP contribution in [-0.4, -0.2) is 22.6 Å². The average molecular weight is 770 g/mol. The van der Waals surface area contributed by atoms with Gasteiger partial charge in [0.1, 0.15) is 0 Å². The molecule has 0 spiro atoms. The van der Waals surface area contributed by atoms with Gasteiger partial charge in [-0.1, -0.05) is 190 Å². The Balaban J connectivity index is 1.21. The summed E-state index contributed by atoms with van der Waals surface area (Å²) in [5.74, 6) is 0.740. The highest BCUT2D eigenvalue weighted by atomic mass is 28.3. The van der Waals surface area contributed by atoms with Crippen molar-refractivity contribution in [2.45, 2.75) is 19.3 Å². The maximum Gasteiger partial charge on any atom is 0.185 e. The second-order valence-electron chi connectivity index (χ2n) is 16.5. The summed E-state index contributed by atoms with van der Waals surface area (Å²) in [6.07, 6.45) is 0. The van der Waals surface area contributed by atoms with Crippen molar-refractivity contribution >= 4 is 50.6 Å². The van der Waals surface area contributed by atoms with Crippen molar-refractivity contribution in [2.24, 2.45) is 0 Å². The van der Waals surface area contributed by atoms with Crippen molar-refractivity contribution in [1.29, 1.82) is 0 Å². The molecule has 0 radical (unpaired) electrons. The van der Waals surface area contributed by atoms with Gasteiger partial charge in [0.2, 0.25) is 0 Å². The van der Waals surface area contributed by atoms with Crippen LogP contribution in [0.2, 0.25) is 0 Å². The molecule has 2 aliphatic rings. The highest BCUT2D eigenvalue weighted by Gasteiger charge is 2.52. The molecule has 8 aromatic carbocycles. The van der Waals surface area contributed by atoms with Gasteiger partial charge in [0.25, 0.3) is 0 Å². The Hall–Kier alpha value is -7.14. The summed E-state index contributed by atoms with van der Waals surface area (Å²) in [6.45, 7) is 4.79. The molecule has 0 fully saturated rings. The summed E-state index contributed by atoms with van der Waals surface area (Å²) in [7, 11) is -3.08. The van der Waals surface area contributed by atoms with Gasteiger partial charge < -0.3 is 4.57 Å². The van der Waals surface area contributed by atoms with Gasteiger partial charge in [0.05, 0.1) is 22.4 Å². The quantitative estimate of drug-likeness (QED) is 0.163. The standard InChI is InChI=1S/C55H39N3Si/c1-55(2)45-29-17-15-27-41(45)42-33-34-47-49(50(42)55)43-28-16-18-30-46(43)58(47)38-31-32-44-48(35-38)59(39-23-11-5-12-24-39,40-25-13-6-14-26-40)53-51(36-19-7-3-8-20-36)56-54(57-52(44)53)37-21-9-4-10-22-37/h3-35H,1-2H3. The van der Waals surface area contributed by atoms with E-state index in [2.05, 4.69) is 219 Å². The van der Waals surface area contributed by atoms with Gasteiger partial charge in [-0.05, 0) is 62.1 Å². The summed E-state index contributed by atoms with van der Waals surface area (Å²) in [6, 6.07) is 73.5. The van der Waals surface area contributed by atoms with E-state index in [1.165, 1.54) is 70.4 Å². The van der Waals surface area contributed by atoms with Crippen LogP contribution in [0.15, 0.2) is 200 Å². The smallest absolute Gasteiger partial charge is 0.185 e. The van der Waals surface area contributed by atoms with Crippen LogP contribution in [0.4, 0.5) is 0 Å². The van der Waals surface area contributed by atoms with Gasteiger partial charge in [-0.3, -0.25) is 0 Å². The highest BCUT2D eigenvalue weighted by molar-refractivity contribution is 7.22. The Kier molecular flexibility index (Phi) is 7.29. The molecule has 0 atom stereocenters. The average Bonchev–Trinajstić information content (AvgIpc) is 3.88. The van der Waals surface area contributed by atoms with Crippen LogP contribution in [-0.2, 0) is 5.41 Å². The van der Waals surface area contributed by atoms with E-state index in [1.807, 2.05) is 0 Å². The zero-order valence-electron chi connectivity index (χ0n) is 32.9.